The summed E-state index contributed by atoms with van der Waals surface area (Å²) in [5, 5.41) is 21.0. The average Bonchev–Trinajstić information content (AvgIpc) is 2.62. The lowest BCUT2D eigenvalue weighted by Gasteiger charge is -2.30. The van der Waals surface area contributed by atoms with Gasteiger partial charge in [-0.1, -0.05) is 115 Å². The fraction of sp³-hybridized carbons (Fsp3) is 1.00. The molecule has 0 aromatic rings. The molecule has 0 radical (unpaired) electrons. The van der Waals surface area contributed by atoms with Crippen LogP contribution in [-0.4, -0.2) is 21.3 Å². The van der Waals surface area contributed by atoms with Crippen LogP contribution in [0.5, 0.6) is 0 Å². The minimum absolute atomic E-state index is 0.645. The van der Waals surface area contributed by atoms with E-state index in [1.54, 1.807) is 0 Å². The van der Waals surface area contributed by atoms with Gasteiger partial charge < -0.3 is 10.2 Å². The summed E-state index contributed by atoms with van der Waals surface area (Å²) in [4.78, 5) is -1.08. The predicted octanol–water partition coefficient (Wildman–Crippen LogP) is 7.29. The van der Waals surface area contributed by atoms with Crippen molar-refractivity contribution in [2.45, 2.75) is 134 Å². The van der Waals surface area contributed by atoms with Crippen molar-refractivity contribution >= 4 is 22.5 Å². The van der Waals surface area contributed by atoms with Gasteiger partial charge in [0.05, 0.1) is 6.10 Å². The van der Waals surface area contributed by atoms with E-state index in [1.165, 1.54) is 70.6 Å². The van der Waals surface area contributed by atoms with Crippen LogP contribution in [0, 0.1) is 0 Å². The zero-order valence-corrected chi connectivity index (χ0v) is 18.6. The highest BCUT2D eigenvalue weighted by Gasteiger charge is 2.34. The van der Waals surface area contributed by atoms with Crippen molar-refractivity contribution in [2.24, 2.45) is 0 Å². The molecule has 0 amide bonds. The molecule has 0 aromatic heterocycles. The number of aliphatic hydroxyl groups excluding tert-OH is 1. The third kappa shape index (κ3) is 14.4. The van der Waals surface area contributed by atoms with E-state index < -0.39 is 11.0 Å². The predicted molar refractivity (Wildman–Crippen MR) is 117 cm³/mol. The smallest absolute Gasteiger partial charge is 0.145 e. The highest BCUT2D eigenvalue weighted by atomic mass is 33.1. The second-order valence-electron chi connectivity index (χ2n) is 7.59. The van der Waals surface area contributed by atoms with E-state index in [0.717, 1.165) is 36.5 Å². The first-order chi connectivity index (χ1) is 12.1. The van der Waals surface area contributed by atoms with Crippen molar-refractivity contribution in [3.63, 3.8) is 0 Å². The van der Waals surface area contributed by atoms with Gasteiger partial charge in [-0.3, -0.25) is 0 Å². The van der Waals surface area contributed by atoms with Crippen LogP contribution in [-0.2, 0) is 0 Å². The van der Waals surface area contributed by atoms with Crippen LogP contribution < -0.4 is 0 Å². The summed E-state index contributed by atoms with van der Waals surface area (Å²) in [5.74, 6) is 0. The molecule has 2 unspecified atom stereocenters. The molecule has 2 atom stereocenters. The summed E-state index contributed by atoms with van der Waals surface area (Å²) in [6, 6.07) is 0. The molecule has 152 valence electrons. The Balaban J connectivity index is 3.71. The van der Waals surface area contributed by atoms with Crippen molar-refractivity contribution < 1.29 is 10.2 Å². The lowest BCUT2D eigenvalue weighted by atomic mass is 9.99. The Labute approximate surface area is 166 Å². The van der Waals surface area contributed by atoms with Crippen LogP contribution in [0.2, 0.25) is 0 Å². The van der Waals surface area contributed by atoms with Gasteiger partial charge in [-0.05, 0) is 19.3 Å². The molecule has 0 saturated carbocycles. The van der Waals surface area contributed by atoms with E-state index >= 15 is 0 Å². The molecule has 0 saturated heterocycles. The zero-order chi connectivity index (χ0) is 18.8. The number of unbranched alkanes of at least 4 members (excludes halogenated alkanes) is 13. The summed E-state index contributed by atoms with van der Waals surface area (Å²) in [5.41, 5.74) is 0. The first kappa shape index (κ1) is 25.6. The van der Waals surface area contributed by atoms with Crippen molar-refractivity contribution in [1.29, 1.82) is 0 Å². The minimum atomic E-state index is -1.08. The Morgan fingerprint density at radius 3 is 1.56 bits per heavy atom. The van der Waals surface area contributed by atoms with E-state index in [0.29, 0.717) is 12.8 Å². The van der Waals surface area contributed by atoms with Crippen LogP contribution in [0.25, 0.3) is 0 Å². The second-order valence-corrected chi connectivity index (χ2v) is 9.02. The Kier molecular flexibility index (Phi) is 18.5. The summed E-state index contributed by atoms with van der Waals surface area (Å²) >= 11 is 4.22. The molecular weight excluding hydrogens is 348 g/mol. The number of aliphatic hydroxyl groups is 2. The van der Waals surface area contributed by atoms with Gasteiger partial charge in [0, 0.05) is 0 Å². The first-order valence-electron chi connectivity index (χ1n) is 10.8. The van der Waals surface area contributed by atoms with Crippen molar-refractivity contribution in [1.82, 2.24) is 0 Å². The number of thiol groups is 1. The van der Waals surface area contributed by atoms with E-state index in [1.807, 2.05) is 0 Å². The maximum atomic E-state index is 10.7. The van der Waals surface area contributed by atoms with Gasteiger partial charge in [-0.15, -0.1) is 11.7 Å². The maximum absolute atomic E-state index is 10.7. The highest BCUT2D eigenvalue weighted by molar-refractivity contribution is 8.69. The van der Waals surface area contributed by atoms with Crippen LogP contribution >= 0.6 is 22.5 Å². The topological polar surface area (TPSA) is 40.5 Å². The highest BCUT2D eigenvalue weighted by Crippen LogP contribution is 2.36. The molecule has 0 aliphatic carbocycles. The molecule has 0 bridgehead atoms. The van der Waals surface area contributed by atoms with Gasteiger partial charge >= 0.3 is 0 Å². The number of hydrogen-bond donors (Lipinski definition) is 3. The summed E-state index contributed by atoms with van der Waals surface area (Å²) in [6.07, 6.45) is 19.3. The van der Waals surface area contributed by atoms with Crippen molar-refractivity contribution in [3.05, 3.63) is 0 Å². The monoisotopic (exact) mass is 392 g/mol. The van der Waals surface area contributed by atoms with E-state index in [4.69, 9.17) is 0 Å². The summed E-state index contributed by atoms with van der Waals surface area (Å²) in [7, 11) is 1.13. The third-order valence-electron chi connectivity index (χ3n) is 5.15. The van der Waals surface area contributed by atoms with Crippen LogP contribution in [0.4, 0.5) is 0 Å². The SMILES string of the molecule is CCCCCCCCCCCC(O)C(O)(CCCCCCCC)SS. The Bertz CT molecular complexity index is 277. The number of rotatable bonds is 19. The Morgan fingerprint density at radius 1 is 0.720 bits per heavy atom. The molecule has 0 heterocycles. The van der Waals surface area contributed by atoms with Gasteiger partial charge in [0.2, 0.25) is 0 Å². The summed E-state index contributed by atoms with van der Waals surface area (Å²) < 4.78 is 0. The van der Waals surface area contributed by atoms with Gasteiger partial charge in [-0.25, -0.2) is 0 Å². The van der Waals surface area contributed by atoms with Crippen LogP contribution in [0.3, 0.4) is 0 Å². The molecule has 4 heteroatoms. The van der Waals surface area contributed by atoms with Crippen LogP contribution in [0.15, 0.2) is 0 Å². The molecule has 2 nitrogen and oxygen atoms in total. The summed E-state index contributed by atoms with van der Waals surface area (Å²) in [6.45, 7) is 4.47. The molecular formula is C21H44O2S2. The van der Waals surface area contributed by atoms with Gasteiger partial charge in [0.25, 0.3) is 0 Å². The zero-order valence-electron chi connectivity index (χ0n) is 16.8. The van der Waals surface area contributed by atoms with Crippen molar-refractivity contribution in [2.75, 3.05) is 0 Å². The fourth-order valence-corrected chi connectivity index (χ4v) is 4.42. The van der Waals surface area contributed by atoms with Gasteiger partial charge in [0.1, 0.15) is 4.93 Å². The molecule has 0 fully saturated rings. The average molecular weight is 393 g/mol. The van der Waals surface area contributed by atoms with Crippen LogP contribution in [0.1, 0.15) is 123 Å². The van der Waals surface area contributed by atoms with Gasteiger partial charge in [0.15, 0.2) is 0 Å². The fourth-order valence-electron chi connectivity index (χ4n) is 3.31. The third-order valence-corrected chi connectivity index (χ3v) is 6.89. The molecule has 25 heavy (non-hydrogen) atoms. The van der Waals surface area contributed by atoms with Gasteiger partial charge in [-0.2, -0.15) is 0 Å². The lowest BCUT2D eigenvalue weighted by molar-refractivity contribution is -0.0177. The molecule has 2 N–H and O–H groups in total. The number of hydrogen-bond acceptors (Lipinski definition) is 4. The minimum Gasteiger partial charge on any atom is -0.389 e. The quantitative estimate of drug-likeness (QED) is 0.0935. The standard InChI is InChI=1S/C21H44O2S2/c1-3-5-7-9-11-12-13-14-16-18-20(22)21(23,25-24)19-17-15-10-8-6-4-2/h20,22-24H,3-19H2,1-2H3. The molecule has 0 rings (SSSR count). The molecule has 0 aliphatic heterocycles. The van der Waals surface area contributed by atoms with Crippen molar-refractivity contribution in [3.8, 4) is 0 Å². The Morgan fingerprint density at radius 2 is 1.12 bits per heavy atom. The maximum Gasteiger partial charge on any atom is 0.145 e. The normalized spacial score (nSPS) is 15.2. The Hall–Kier alpha value is 0.620. The second kappa shape index (κ2) is 18.0. The van der Waals surface area contributed by atoms with E-state index in [9.17, 15) is 10.2 Å². The first-order valence-corrected chi connectivity index (χ1v) is 12.7. The largest absolute Gasteiger partial charge is 0.389 e. The van der Waals surface area contributed by atoms with E-state index in [-0.39, 0.29) is 0 Å². The molecule has 0 aromatic carbocycles. The molecule has 0 spiro atoms. The van der Waals surface area contributed by atoms with E-state index in [2.05, 4.69) is 25.5 Å². The lowest BCUT2D eigenvalue weighted by Crippen LogP contribution is -2.38. The molecule has 0 aliphatic rings.